The summed E-state index contributed by atoms with van der Waals surface area (Å²) >= 11 is 0. The Kier molecular flexibility index (Phi) is 3.26. The number of para-hydroxylation sites is 1. The van der Waals surface area contributed by atoms with Crippen molar-refractivity contribution in [3.05, 3.63) is 64.1 Å². The van der Waals surface area contributed by atoms with E-state index in [0.717, 1.165) is 24.2 Å². The van der Waals surface area contributed by atoms with Crippen LogP contribution in [-0.4, -0.2) is 17.4 Å². The van der Waals surface area contributed by atoms with Crippen molar-refractivity contribution in [3.63, 3.8) is 0 Å². The van der Waals surface area contributed by atoms with Crippen LogP contribution in [0.1, 0.15) is 17.5 Å². The number of nitrogens with one attached hydrogen (secondary N) is 1. The number of anilines is 1. The summed E-state index contributed by atoms with van der Waals surface area (Å²) < 4.78 is 4.98. The first-order valence-corrected chi connectivity index (χ1v) is 7.71. The molecular formula is C18H16N2O3. The molecule has 0 aliphatic carbocycles. The van der Waals surface area contributed by atoms with E-state index in [1.54, 1.807) is 6.07 Å². The number of oxazole rings is 1. The number of amides is 1. The summed E-state index contributed by atoms with van der Waals surface area (Å²) in [6.07, 6.45) is 2.01. The summed E-state index contributed by atoms with van der Waals surface area (Å²) in [5.41, 5.74) is 4.49. The molecule has 5 nitrogen and oxygen atoms in total. The first-order chi connectivity index (χ1) is 11.2. The third kappa shape index (κ3) is 2.54. The molecule has 1 aliphatic rings. The second kappa shape index (κ2) is 5.43. The van der Waals surface area contributed by atoms with Crippen molar-refractivity contribution in [3.8, 4) is 0 Å². The SMILES string of the molecule is O=C(CCc1ccc2oc(=O)[nH]c2c1)N1CCc2ccccc21. The van der Waals surface area contributed by atoms with Crippen LogP contribution >= 0.6 is 0 Å². The van der Waals surface area contributed by atoms with Crippen molar-refractivity contribution < 1.29 is 9.21 Å². The van der Waals surface area contributed by atoms with Crippen molar-refractivity contribution in [1.82, 2.24) is 4.98 Å². The molecule has 0 saturated carbocycles. The van der Waals surface area contributed by atoms with Gasteiger partial charge < -0.3 is 9.32 Å². The number of nitrogens with zero attached hydrogens (tertiary/aromatic N) is 1. The maximum atomic E-state index is 12.5. The van der Waals surface area contributed by atoms with Gasteiger partial charge in [-0.15, -0.1) is 0 Å². The molecule has 0 saturated heterocycles. The van der Waals surface area contributed by atoms with E-state index in [0.29, 0.717) is 23.9 Å². The van der Waals surface area contributed by atoms with Crippen LogP contribution in [0.15, 0.2) is 51.7 Å². The molecule has 1 aliphatic heterocycles. The van der Waals surface area contributed by atoms with E-state index < -0.39 is 5.76 Å². The summed E-state index contributed by atoms with van der Waals surface area (Å²) in [6, 6.07) is 13.6. The molecule has 0 fully saturated rings. The number of rotatable bonds is 3. The zero-order chi connectivity index (χ0) is 15.8. The Morgan fingerprint density at radius 2 is 2.09 bits per heavy atom. The van der Waals surface area contributed by atoms with Gasteiger partial charge in [-0.05, 0) is 42.2 Å². The molecular weight excluding hydrogens is 292 g/mol. The fraction of sp³-hybridized carbons (Fsp3) is 0.222. The van der Waals surface area contributed by atoms with Crippen LogP contribution in [0.3, 0.4) is 0 Å². The fourth-order valence-electron chi connectivity index (χ4n) is 3.14. The van der Waals surface area contributed by atoms with Crippen LogP contribution in [-0.2, 0) is 17.6 Å². The lowest BCUT2D eigenvalue weighted by Gasteiger charge is -2.17. The standard InChI is InChI=1S/C18H16N2O3/c21-17(20-10-9-13-3-1-2-4-15(13)20)8-6-12-5-7-16-14(11-12)19-18(22)23-16/h1-5,7,11H,6,8-10H2,(H,19,22). The van der Waals surface area contributed by atoms with Gasteiger partial charge >= 0.3 is 5.76 Å². The maximum Gasteiger partial charge on any atom is 0.417 e. The number of hydrogen-bond acceptors (Lipinski definition) is 3. The predicted molar refractivity (Wildman–Crippen MR) is 87.7 cm³/mol. The largest absolute Gasteiger partial charge is 0.417 e. The monoisotopic (exact) mass is 308 g/mol. The van der Waals surface area contributed by atoms with Crippen molar-refractivity contribution in [2.24, 2.45) is 0 Å². The van der Waals surface area contributed by atoms with Crippen LogP contribution in [0, 0.1) is 0 Å². The molecule has 3 aromatic rings. The Morgan fingerprint density at radius 1 is 1.22 bits per heavy atom. The smallest absolute Gasteiger partial charge is 0.408 e. The molecule has 1 N–H and O–H groups in total. The minimum absolute atomic E-state index is 0.135. The molecule has 0 atom stereocenters. The van der Waals surface area contributed by atoms with Crippen LogP contribution in [0.25, 0.3) is 11.1 Å². The average Bonchev–Trinajstić information content (AvgIpc) is 3.14. The van der Waals surface area contributed by atoms with Gasteiger partial charge in [-0.3, -0.25) is 9.78 Å². The maximum absolute atomic E-state index is 12.5. The number of hydrogen-bond donors (Lipinski definition) is 1. The number of aromatic amines is 1. The first kappa shape index (κ1) is 13.8. The van der Waals surface area contributed by atoms with Crippen LogP contribution in [0.5, 0.6) is 0 Å². The van der Waals surface area contributed by atoms with Crippen molar-refractivity contribution in [2.45, 2.75) is 19.3 Å². The van der Waals surface area contributed by atoms with Crippen LogP contribution in [0.4, 0.5) is 5.69 Å². The highest BCUT2D eigenvalue weighted by molar-refractivity contribution is 5.95. The van der Waals surface area contributed by atoms with Gasteiger partial charge in [-0.1, -0.05) is 24.3 Å². The molecule has 1 amide bonds. The zero-order valence-electron chi connectivity index (χ0n) is 12.5. The highest BCUT2D eigenvalue weighted by Gasteiger charge is 2.23. The highest BCUT2D eigenvalue weighted by atomic mass is 16.4. The molecule has 5 heteroatoms. The molecule has 2 aromatic carbocycles. The number of aromatic nitrogens is 1. The molecule has 0 radical (unpaired) electrons. The van der Waals surface area contributed by atoms with E-state index in [9.17, 15) is 9.59 Å². The molecule has 23 heavy (non-hydrogen) atoms. The number of carbonyl (C=O) groups is 1. The van der Waals surface area contributed by atoms with Gasteiger partial charge in [-0.25, -0.2) is 4.79 Å². The quantitative estimate of drug-likeness (QED) is 0.809. The lowest BCUT2D eigenvalue weighted by Crippen LogP contribution is -2.29. The van der Waals surface area contributed by atoms with E-state index in [1.165, 1.54) is 5.56 Å². The second-order valence-corrected chi connectivity index (χ2v) is 5.77. The number of aryl methyl sites for hydroxylation is 1. The Bertz CT molecular complexity index is 939. The highest BCUT2D eigenvalue weighted by Crippen LogP contribution is 2.28. The Balaban J connectivity index is 1.48. The Labute approximate surface area is 132 Å². The van der Waals surface area contributed by atoms with Gasteiger partial charge in [0, 0.05) is 18.7 Å². The summed E-state index contributed by atoms with van der Waals surface area (Å²) in [4.78, 5) is 28.2. The molecule has 2 heterocycles. The third-order valence-electron chi connectivity index (χ3n) is 4.30. The molecule has 1 aromatic heterocycles. The van der Waals surface area contributed by atoms with E-state index in [4.69, 9.17) is 4.42 Å². The van der Waals surface area contributed by atoms with Gasteiger partial charge in [0.1, 0.15) is 0 Å². The topological polar surface area (TPSA) is 66.3 Å². The summed E-state index contributed by atoms with van der Waals surface area (Å²) in [5.74, 6) is -0.322. The second-order valence-electron chi connectivity index (χ2n) is 5.77. The van der Waals surface area contributed by atoms with E-state index in [2.05, 4.69) is 11.1 Å². The average molecular weight is 308 g/mol. The number of fused-ring (bicyclic) bond motifs is 2. The number of benzene rings is 2. The van der Waals surface area contributed by atoms with E-state index in [1.807, 2.05) is 35.2 Å². The van der Waals surface area contributed by atoms with Crippen LogP contribution < -0.4 is 10.7 Å². The lowest BCUT2D eigenvalue weighted by atomic mass is 10.1. The Morgan fingerprint density at radius 3 is 3.00 bits per heavy atom. The van der Waals surface area contributed by atoms with Crippen molar-refractivity contribution >= 4 is 22.7 Å². The van der Waals surface area contributed by atoms with Crippen LogP contribution in [0.2, 0.25) is 0 Å². The molecule has 4 rings (SSSR count). The summed E-state index contributed by atoms with van der Waals surface area (Å²) in [7, 11) is 0. The molecule has 0 unspecified atom stereocenters. The minimum atomic E-state index is -0.457. The van der Waals surface area contributed by atoms with E-state index in [-0.39, 0.29) is 5.91 Å². The van der Waals surface area contributed by atoms with Crippen molar-refractivity contribution in [1.29, 1.82) is 0 Å². The number of carbonyl (C=O) groups excluding carboxylic acids is 1. The first-order valence-electron chi connectivity index (χ1n) is 7.71. The fourth-order valence-corrected chi connectivity index (χ4v) is 3.14. The van der Waals surface area contributed by atoms with Gasteiger partial charge in [0.25, 0.3) is 0 Å². The zero-order valence-corrected chi connectivity index (χ0v) is 12.5. The van der Waals surface area contributed by atoms with Gasteiger partial charge in [-0.2, -0.15) is 0 Å². The normalized spacial score (nSPS) is 13.5. The van der Waals surface area contributed by atoms with Gasteiger partial charge in [0.15, 0.2) is 5.58 Å². The Hall–Kier alpha value is -2.82. The molecule has 116 valence electrons. The molecule has 0 bridgehead atoms. The third-order valence-corrected chi connectivity index (χ3v) is 4.30. The summed E-state index contributed by atoms with van der Waals surface area (Å²) in [5, 5.41) is 0. The molecule has 0 spiro atoms. The minimum Gasteiger partial charge on any atom is -0.408 e. The summed E-state index contributed by atoms with van der Waals surface area (Å²) in [6.45, 7) is 0.756. The predicted octanol–water partition coefficient (Wildman–Crippen LogP) is 2.64. The van der Waals surface area contributed by atoms with Crippen molar-refractivity contribution in [2.75, 3.05) is 11.4 Å². The van der Waals surface area contributed by atoms with E-state index >= 15 is 0 Å². The number of H-pyrrole nitrogens is 1. The van der Waals surface area contributed by atoms with Gasteiger partial charge in [0.05, 0.1) is 5.52 Å². The van der Waals surface area contributed by atoms with Gasteiger partial charge in [0.2, 0.25) is 5.91 Å². The lowest BCUT2D eigenvalue weighted by molar-refractivity contribution is -0.118.